The highest BCUT2D eigenvalue weighted by molar-refractivity contribution is 7.53. The van der Waals surface area contributed by atoms with Gasteiger partial charge < -0.3 is 18.8 Å². The number of hydrogen-bond acceptors (Lipinski definition) is 8. The summed E-state index contributed by atoms with van der Waals surface area (Å²) in [6.07, 6.45) is 0.271. The largest absolute Gasteiger partial charge is 0.465 e. The van der Waals surface area contributed by atoms with Crippen LogP contribution in [0.4, 0.5) is 0 Å². The Kier molecular flexibility index (Phi) is 10.9. The second-order valence-electron chi connectivity index (χ2n) is 3.96. The van der Waals surface area contributed by atoms with E-state index in [0.29, 0.717) is 6.61 Å². The van der Waals surface area contributed by atoms with Crippen molar-refractivity contribution in [2.75, 3.05) is 39.4 Å². The highest BCUT2D eigenvalue weighted by atomic mass is 31.2. The summed E-state index contributed by atoms with van der Waals surface area (Å²) in [6, 6.07) is 0. The lowest BCUT2D eigenvalue weighted by Crippen LogP contribution is -2.25. The van der Waals surface area contributed by atoms with E-state index in [-0.39, 0.29) is 38.7 Å². The molecular formula is C11H24NO7P. The molecule has 20 heavy (non-hydrogen) atoms. The van der Waals surface area contributed by atoms with Crippen molar-refractivity contribution in [1.29, 1.82) is 0 Å². The van der Waals surface area contributed by atoms with Crippen LogP contribution in [0.15, 0.2) is 0 Å². The van der Waals surface area contributed by atoms with Gasteiger partial charge in [0.15, 0.2) is 6.79 Å². The predicted octanol–water partition coefficient (Wildman–Crippen LogP) is 1.30. The molecule has 2 atom stereocenters. The smallest absolute Gasteiger partial charge is 0.332 e. The molecule has 0 aromatic carbocycles. The minimum atomic E-state index is -3.07. The fourth-order valence-electron chi connectivity index (χ4n) is 1.26. The summed E-state index contributed by atoms with van der Waals surface area (Å²) in [4.78, 5) is 15.2. The van der Waals surface area contributed by atoms with E-state index in [2.05, 4.69) is 4.84 Å². The zero-order valence-electron chi connectivity index (χ0n) is 12.2. The third-order valence-electron chi connectivity index (χ3n) is 2.25. The summed E-state index contributed by atoms with van der Waals surface area (Å²) in [5.74, 6) is 4.36. The zero-order valence-corrected chi connectivity index (χ0v) is 13.1. The third kappa shape index (κ3) is 9.41. The average molecular weight is 313 g/mol. The topological polar surface area (TPSA) is 106 Å². The molecule has 0 amide bonds. The van der Waals surface area contributed by atoms with Crippen LogP contribution in [0, 0.1) is 5.92 Å². The SMILES string of the molecule is CCOP(=O)(CC)OCOCC(CON)COC(C)=O. The van der Waals surface area contributed by atoms with E-state index in [1.807, 2.05) is 0 Å². The van der Waals surface area contributed by atoms with E-state index in [1.165, 1.54) is 6.92 Å². The average Bonchev–Trinajstić information content (AvgIpc) is 2.41. The molecule has 0 aromatic heterocycles. The van der Waals surface area contributed by atoms with Gasteiger partial charge in [-0.2, -0.15) is 0 Å². The molecule has 2 unspecified atom stereocenters. The van der Waals surface area contributed by atoms with Crippen LogP contribution < -0.4 is 5.90 Å². The molecule has 2 N–H and O–H groups in total. The van der Waals surface area contributed by atoms with Crippen LogP contribution in [0.1, 0.15) is 20.8 Å². The van der Waals surface area contributed by atoms with Gasteiger partial charge in [0, 0.05) is 19.0 Å². The van der Waals surface area contributed by atoms with E-state index in [9.17, 15) is 9.36 Å². The van der Waals surface area contributed by atoms with Crippen molar-refractivity contribution in [3.05, 3.63) is 0 Å². The fraction of sp³-hybridized carbons (Fsp3) is 0.909. The van der Waals surface area contributed by atoms with Gasteiger partial charge >= 0.3 is 13.6 Å². The number of hydrogen-bond donors (Lipinski definition) is 1. The summed E-state index contributed by atoms with van der Waals surface area (Å²) in [6.45, 7) is 5.38. The number of carbonyl (C=O) groups is 1. The van der Waals surface area contributed by atoms with Gasteiger partial charge in [0.2, 0.25) is 0 Å². The number of rotatable bonds is 12. The van der Waals surface area contributed by atoms with Gasteiger partial charge in [-0.3, -0.25) is 13.9 Å². The first-order chi connectivity index (χ1) is 9.47. The van der Waals surface area contributed by atoms with Gasteiger partial charge in [0.05, 0.1) is 26.4 Å². The Bertz CT molecular complexity index is 313. The number of esters is 1. The Labute approximate surface area is 119 Å². The van der Waals surface area contributed by atoms with Gasteiger partial charge in [-0.1, -0.05) is 6.92 Å². The maximum Gasteiger partial charge on any atom is 0.332 e. The third-order valence-corrected chi connectivity index (χ3v) is 4.18. The first-order valence-corrected chi connectivity index (χ1v) is 8.11. The molecule has 0 fully saturated rings. The molecule has 120 valence electrons. The molecule has 0 radical (unpaired) electrons. The van der Waals surface area contributed by atoms with Crippen LogP contribution in [0.25, 0.3) is 0 Å². The van der Waals surface area contributed by atoms with Crippen molar-refractivity contribution in [3.63, 3.8) is 0 Å². The molecule has 8 nitrogen and oxygen atoms in total. The standard InChI is InChI=1S/C11H24NO7P/c1-4-18-20(14,5-2)19-9-15-6-11(8-17-12)7-16-10(3)13/h11H,4-9,12H2,1-3H3. The van der Waals surface area contributed by atoms with Gasteiger partial charge in [-0.25, -0.2) is 5.90 Å². The number of nitrogens with two attached hydrogens (primary N) is 1. The molecule has 0 heterocycles. The van der Waals surface area contributed by atoms with Crippen LogP contribution in [-0.2, 0) is 32.7 Å². The Morgan fingerprint density at radius 3 is 2.40 bits per heavy atom. The maximum absolute atomic E-state index is 11.9. The summed E-state index contributed by atoms with van der Waals surface area (Å²) < 4.78 is 32.1. The summed E-state index contributed by atoms with van der Waals surface area (Å²) in [5, 5.41) is 0. The van der Waals surface area contributed by atoms with Crippen molar-refractivity contribution < 1.29 is 32.7 Å². The predicted molar refractivity (Wildman–Crippen MR) is 71.9 cm³/mol. The monoisotopic (exact) mass is 313 g/mol. The van der Waals surface area contributed by atoms with Crippen LogP contribution in [0.3, 0.4) is 0 Å². The molecule has 0 bridgehead atoms. The van der Waals surface area contributed by atoms with Crippen molar-refractivity contribution >= 4 is 13.6 Å². The van der Waals surface area contributed by atoms with Gasteiger partial charge in [0.25, 0.3) is 0 Å². The van der Waals surface area contributed by atoms with E-state index in [0.717, 1.165) is 0 Å². The molecule has 0 spiro atoms. The van der Waals surface area contributed by atoms with E-state index < -0.39 is 13.6 Å². The van der Waals surface area contributed by atoms with E-state index >= 15 is 0 Å². The summed E-state index contributed by atoms with van der Waals surface area (Å²) >= 11 is 0. The Morgan fingerprint density at radius 2 is 1.90 bits per heavy atom. The number of ether oxygens (including phenoxy) is 2. The lowest BCUT2D eigenvalue weighted by molar-refractivity contribution is -0.144. The Hall–Kier alpha value is -0.500. The lowest BCUT2D eigenvalue weighted by Gasteiger charge is -2.18. The molecular weight excluding hydrogens is 289 g/mol. The molecule has 0 aliphatic carbocycles. The first-order valence-electron chi connectivity index (χ1n) is 6.38. The highest BCUT2D eigenvalue weighted by Crippen LogP contribution is 2.47. The molecule has 0 aliphatic rings. The second-order valence-corrected chi connectivity index (χ2v) is 6.34. The van der Waals surface area contributed by atoms with Crippen LogP contribution >= 0.6 is 7.60 Å². The van der Waals surface area contributed by atoms with Gasteiger partial charge in [0.1, 0.15) is 0 Å². The molecule has 0 aliphatic heterocycles. The fourth-order valence-corrected chi connectivity index (χ4v) is 2.33. The van der Waals surface area contributed by atoms with E-state index in [1.54, 1.807) is 13.8 Å². The maximum atomic E-state index is 11.9. The molecule has 0 saturated carbocycles. The Morgan fingerprint density at radius 1 is 1.20 bits per heavy atom. The normalized spacial score (nSPS) is 15.6. The van der Waals surface area contributed by atoms with Crippen LogP contribution in [0.2, 0.25) is 0 Å². The second kappa shape index (κ2) is 11.2. The quantitative estimate of drug-likeness (QED) is 0.189. The molecule has 0 saturated heterocycles. The van der Waals surface area contributed by atoms with Gasteiger partial charge in [-0.05, 0) is 6.92 Å². The van der Waals surface area contributed by atoms with Crippen LogP contribution in [0.5, 0.6) is 0 Å². The molecule has 0 aromatic rings. The minimum Gasteiger partial charge on any atom is -0.465 e. The van der Waals surface area contributed by atoms with Crippen molar-refractivity contribution in [1.82, 2.24) is 0 Å². The zero-order chi connectivity index (χ0) is 15.4. The first kappa shape index (κ1) is 19.5. The molecule has 9 heteroatoms. The highest BCUT2D eigenvalue weighted by Gasteiger charge is 2.21. The van der Waals surface area contributed by atoms with Gasteiger partial charge in [-0.15, -0.1) is 0 Å². The minimum absolute atomic E-state index is 0.128. The summed E-state index contributed by atoms with van der Waals surface area (Å²) in [5.41, 5.74) is 0. The van der Waals surface area contributed by atoms with E-state index in [4.69, 9.17) is 24.4 Å². The van der Waals surface area contributed by atoms with Crippen molar-refractivity contribution in [2.24, 2.45) is 11.8 Å². The Balaban J connectivity index is 3.98. The summed E-state index contributed by atoms with van der Waals surface area (Å²) in [7, 11) is -3.07. The van der Waals surface area contributed by atoms with Crippen molar-refractivity contribution in [2.45, 2.75) is 20.8 Å². The molecule has 0 rings (SSSR count). The number of carbonyl (C=O) groups excluding carboxylic acids is 1. The van der Waals surface area contributed by atoms with Crippen LogP contribution in [-0.4, -0.2) is 45.4 Å². The van der Waals surface area contributed by atoms with Crippen molar-refractivity contribution in [3.8, 4) is 0 Å². The lowest BCUT2D eigenvalue weighted by atomic mass is 10.2.